The number of carbonyl (C=O) groups excluding carboxylic acids is 3. The van der Waals surface area contributed by atoms with Crippen LogP contribution in [0.1, 0.15) is 19.4 Å². The van der Waals surface area contributed by atoms with Gasteiger partial charge in [0.1, 0.15) is 11.5 Å². The lowest BCUT2D eigenvalue weighted by molar-refractivity contribution is -0.134. The van der Waals surface area contributed by atoms with E-state index < -0.39 is 35.7 Å². The molecular formula is C17H16N4O5. The fourth-order valence-electron chi connectivity index (χ4n) is 2.90. The van der Waals surface area contributed by atoms with Crippen molar-refractivity contribution in [3.63, 3.8) is 0 Å². The lowest BCUT2D eigenvalue weighted by Crippen LogP contribution is -2.42. The van der Waals surface area contributed by atoms with Gasteiger partial charge in [0.05, 0.1) is 12.6 Å². The van der Waals surface area contributed by atoms with Crippen molar-refractivity contribution in [2.45, 2.75) is 19.4 Å². The predicted octanol–water partition coefficient (Wildman–Crippen LogP) is 0.931. The molecule has 134 valence electrons. The van der Waals surface area contributed by atoms with E-state index in [2.05, 4.69) is 5.32 Å². The second-order valence-electron chi connectivity index (χ2n) is 6.23. The first-order chi connectivity index (χ1) is 12.3. The van der Waals surface area contributed by atoms with Gasteiger partial charge in [-0.05, 0) is 31.5 Å². The Balaban J connectivity index is 1.85. The molecule has 9 heteroatoms. The van der Waals surface area contributed by atoms with Crippen molar-refractivity contribution in [1.29, 1.82) is 10.7 Å². The zero-order valence-corrected chi connectivity index (χ0v) is 14.2. The minimum absolute atomic E-state index is 0.0783. The normalized spacial score (nSPS) is 22.0. The van der Waals surface area contributed by atoms with Crippen molar-refractivity contribution in [2.24, 2.45) is 5.92 Å². The van der Waals surface area contributed by atoms with E-state index in [0.29, 0.717) is 17.1 Å². The third-order valence-corrected chi connectivity index (χ3v) is 4.42. The molecule has 1 saturated heterocycles. The SMILES string of the molecule is CC(=N)C(C#N)C(=O)CN1C(=O)N[C@@](C)(c2ccc3c(c2)OCO3)C1=O. The first-order valence-electron chi connectivity index (χ1n) is 7.79. The smallest absolute Gasteiger partial charge is 0.325 e. The molecule has 1 aromatic rings. The highest BCUT2D eigenvalue weighted by molar-refractivity contribution is 6.12. The Hall–Kier alpha value is -3.41. The van der Waals surface area contributed by atoms with Gasteiger partial charge in [-0.2, -0.15) is 5.26 Å². The lowest BCUT2D eigenvalue weighted by atomic mass is 9.91. The van der Waals surface area contributed by atoms with Crippen LogP contribution in [0.4, 0.5) is 4.79 Å². The van der Waals surface area contributed by atoms with Gasteiger partial charge in [0.25, 0.3) is 5.91 Å². The Morgan fingerprint density at radius 3 is 2.77 bits per heavy atom. The molecule has 2 atom stereocenters. The number of amides is 3. The Morgan fingerprint density at radius 1 is 1.42 bits per heavy atom. The summed E-state index contributed by atoms with van der Waals surface area (Å²) in [6.07, 6.45) is 0. The predicted molar refractivity (Wildman–Crippen MR) is 87.7 cm³/mol. The van der Waals surface area contributed by atoms with Gasteiger partial charge in [0.15, 0.2) is 17.3 Å². The van der Waals surface area contributed by atoms with Crippen molar-refractivity contribution in [3.05, 3.63) is 23.8 Å². The molecule has 3 amide bonds. The number of hydrogen-bond donors (Lipinski definition) is 2. The molecule has 0 saturated carbocycles. The number of hydrogen-bond acceptors (Lipinski definition) is 7. The second-order valence-corrected chi connectivity index (χ2v) is 6.23. The van der Waals surface area contributed by atoms with Crippen molar-refractivity contribution in [2.75, 3.05) is 13.3 Å². The lowest BCUT2D eigenvalue weighted by Gasteiger charge is -2.22. The standard InChI is InChI=1S/C17H16N4O5/c1-9(19)11(6-18)12(22)7-21-15(23)17(2,20-16(21)24)10-3-4-13-14(5-10)26-8-25-13/h3-5,11,19H,7-8H2,1-2H3,(H,20,24)/t11?,17-/m0/s1. The third kappa shape index (κ3) is 2.65. The first-order valence-corrected chi connectivity index (χ1v) is 7.79. The summed E-state index contributed by atoms with van der Waals surface area (Å²) in [5.74, 6) is -1.58. The van der Waals surface area contributed by atoms with Gasteiger partial charge < -0.3 is 20.2 Å². The quantitative estimate of drug-likeness (QED) is 0.596. The molecule has 0 aromatic heterocycles. The molecule has 9 nitrogen and oxygen atoms in total. The molecule has 1 aromatic carbocycles. The number of nitrogens with one attached hydrogen (secondary N) is 2. The summed E-state index contributed by atoms with van der Waals surface area (Å²) in [5.41, 5.74) is -1.03. The van der Waals surface area contributed by atoms with Gasteiger partial charge in [-0.15, -0.1) is 0 Å². The van der Waals surface area contributed by atoms with E-state index in [1.165, 1.54) is 13.8 Å². The van der Waals surface area contributed by atoms with Crippen LogP contribution in [-0.2, 0) is 15.1 Å². The number of fused-ring (bicyclic) bond motifs is 1. The summed E-state index contributed by atoms with van der Waals surface area (Å²) in [7, 11) is 0. The number of urea groups is 1. The van der Waals surface area contributed by atoms with E-state index >= 15 is 0 Å². The maximum atomic E-state index is 12.8. The minimum atomic E-state index is -1.37. The fraction of sp³-hybridized carbons (Fsp3) is 0.353. The average molecular weight is 356 g/mol. The van der Waals surface area contributed by atoms with E-state index in [1.807, 2.05) is 0 Å². The topological polar surface area (TPSA) is 133 Å². The third-order valence-electron chi connectivity index (χ3n) is 4.42. The minimum Gasteiger partial charge on any atom is -0.454 e. The van der Waals surface area contributed by atoms with Crippen LogP contribution in [0.5, 0.6) is 11.5 Å². The van der Waals surface area contributed by atoms with Crippen LogP contribution in [-0.4, -0.2) is 41.7 Å². The zero-order chi connectivity index (χ0) is 19.1. The van der Waals surface area contributed by atoms with Gasteiger partial charge >= 0.3 is 6.03 Å². The van der Waals surface area contributed by atoms with Crippen molar-refractivity contribution >= 4 is 23.4 Å². The van der Waals surface area contributed by atoms with Crippen LogP contribution >= 0.6 is 0 Å². The monoisotopic (exact) mass is 356 g/mol. The van der Waals surface area contributed by atoms with E-state index in [-0.39, 0.29) is 12.5 Å². The zero-order valence-electron chi connectivity index (χ0n) is 14.2. The number of imide groups is 1. The van der Waals surface area contributed by atoms with Crippen molar-refractivity contribution in [1.82, 2.24) is 10.2 Å². The first kappa shape index (κ1) is 17.4. The molecule has 2 aliphatic heterocycles. The average Bonchev–Trinajstić information content (AvgIpc) is 3.13. The van der Waals surface area contributed by atoms with Gasteiger partial charge in [0.2, 0.25) is 6.79 Å². The molecule has 0 radical (unpaired) electrons. The molecule has 1 fully saturated rings. The maximum absolute atomic E-state index is 12.8. The van der Waals surface area contributed by atoms with Gasteiger partial charge in [-0.3, -0.25) is 14.5 Å². The molecular weight excluding hydrogens is 340 g/mol. The molecule has 26 heavy (non-hydrogen) atoms. The summed E-state index contributed by atoms with van der Waals surface area (Å²) in [4.78, 5) is 38.1. The molecule has 0 bridgehead atoms. The molecule has 3 rings (SSSR count). The van der Waals surface area contributed by atoms with E-state index in [4.69, 9.17) is 20.1 Å². The molecule has 2 heterocycles. The molecule has 1 unspecified atom stereocenters. The number of rotatable bonds is 5. The Bertz CT molecular complexity index is 874. The van der Waals surface area contributed by atoms with Gasteiger partial charge in [-0.25, -0.2) is 4.79 Å². The Kier molecular flexibility index (Phi) is 4.12. The summed E-state index contributed by atoms with van der Waals surface area (Å²) < 4.78 is 10.5. The van der Waals surface area contributed by atoms with Crippen LogP contribution in [0, 0.1) is 22.7 Å². The van der Waals surface area contributed by atoms with Gasteiger partial charge in [-0.1, -0.05) is 6.07 Å². The van der Waals surface area contributed by atoms with Gasteiger partial charge in [0, 0.05) is 5.71 Å². The highest BCUT2D eigenvalue weighted by Crippen LogP contribution is 2.37. The van der Waals surface area contributed by atoms with Crippen LogP contribution < -0.4 is 14.8 Å². The summed E-state index contributed by atoms with van der Waals surface area (Å²) >= 11 is 0. The van der Waals surface area contributed by atoms with Crippen molar-refractivity contribution < 1.29 is 23.9 Å². The largest absolute Gasteiger partial charge is 0.454 e. The Labute approximate surface area is 149 Å². The molecule has 2 aliphatic rings. The summed E-state index contributed by atoms with van der Waals surface area (Å²) in [6.45, 7) is 2.36. The second kappa shape index (κ2) is 6.15. The maximum Gasteiger partial charge on any atom is 0.325 e. The van der Waals surface area contributed by atoms with E-state index in [9.17, 15) is 14.4 Å². The number of ketones is 1. The highest BCUT2D eigenvalue weighted by atomic mass is 16.7. The van der Waals surface area contributed by atoms with E-state index in [0.717, 1.165) is 4.90 Å². The number of carbonyl (C=O) groups is 3. The van der Waals surface area contributed by atoms with Crippen LogP contribution in [0.2, 0.25) is 0 Å². The number of ether oxygens (including phenoxy) is 2. The van der Waals surface area contributed by atoms with Crippen LogP contribution in [0.25, 0.3) is 0 Å². The number of nitrogens with zero attached hydrogens (tertiary/aromatic N) is 2. The summed E-state index contributed by atoms with van der Waals surface area (Å²) in [5, 5.41) is 19.0. The molecule has 0 spiro atoms. The fourth-order valence-corrected chi connectivity index (χ4v) is 2.90. The molecule has 2 N–H and O–H groups in total. The van der Waals surface area contributed by atoms with Crippen LogP contribution in [0.3, 0.4) is 0 Å². The summed E-state index contributed by atoms with van der Waals surface area (Å²) in [6, 6.07) is 5.86. The van der Waals surface area contributed by atoms with Crippen molar-refractivity contribution in [3.8, 4) is 17.6 Å². The van der Waals surface area contributed by atoms with E-state index in [1.54, 1.807) is 24.3 Å². The number of Topliss-reactive ketones (excluding diaryl/α,β-unsaturated/α-hetero) is 1. The highest BCUT2D eigenvalue weighted by Gasteiger charge is 2.50. The number of nitriles is 1. The molecule has 0 aliphatic carbocycles. The Morgan fingerprint density at radius 2 is 2.12 bits per heavy atom. The number of benzene rings is 1. The van der Waals surface area contributed by atoms with Crippen LogP contribution in [0.15, 0.2) is 18.2 Å².